The number of hydrogen-bond acceptors (Lipinski definition) is 2. The van der Waals surface area contributed by atoms with Crippen LogP contribution in [0.25, 0.3) is 0 Å². The van der Waals surface area contributed by atoms with Crippen LogP contribution in [0.1, 0.15) is 33.2 Å². The fraction of sp³-hybridized carbons (Fsp3) is 0.176. The van der Waals surface area contributed by atoms with Gasteiger partial charge in [0.1, 0.15) is 0 Å². The van der Waals surface area contributed by atoms with Crippen LogP contribution >= 0.6 is 15.9 Å². The Labute approximate surface area is 138 Å². The van der Waals surface area contributed by atoms with E-state index in [-0.39, 0.29) is 11.8 Å². The first kappa shape index (κ1) is 16.2. The van der Waals surface area contributed by atoms with E-state index in [4.69, 9.17) is 0 Å². The maximum absolute atomic E-state index is 12.0. The van der Waals surface area contributed by atoms with Crippen LogP contribution < -0.4 is 10.6 Å². The normalized spacial score (nSPS) is 10.1. The third kappa shape index (κ3) is 4.43. The van der Waals surface area contributed by atoms with Crippen LogP contribution in [0.2, 0.25) is 0 Å². The van der Waals surface area contributed by atoms with Crippen molar-refractivity contribution in [3.05, 3.63) is 69.7 Å². The van der Waals surface area contributed by atoms with Gasteiger partial charge >= 0.3 is 0 Å². The Hall–Kier alpha value is -2.14. The molecule has 0 radical (unpaired) electrons. The van der Waals surface area contributed by atoms with Crippen molar-refractivity contribution in [2.45, 2.75) is 13.5 Å². The summed E-state index contributed by atoms with van der Waals surface area (Å²) in [6, 6.07) is 14.4. The molecule has 5 heteroatoms. The van der Waals surface area contributed by atoms with E-state index < -0.39 is 0 Å². The summed E-state index contributed by atoms with van der Waals surface area (Å²) in [5.74, 6) is -0.250. The molecule has 2 rings (SSSR count). The van der Waals surface area contributed by atoms with Crippen molar-refractivity contribution in [3.8, 4) is 0 Å². The lowest BCUT2D eigenvalue weighted by Gasteiger charge is -2.08. The van der Waals surface area contributed by atoms with Crippen LogP contribution in [-0.2, 0) is 6.54 Å². The van der Waals surface area contributed by atoms with Gasteiger partial charge in [0, 0.05) is 28.7 Å². The number of hydrogen-bond donors (Lipinski definition) is 2. The molecule has 2 N–H and O–H groups in total. The molecular formula is C17H17BrN2O2. The van der Waals surface area contributed by atoms with Gasteiger partial charge in [0.15, 0.2) is 0 Å². The lowest BCUT2D eigenvalue weighted by atomic mass is 10.1. The van der Waals surface area contributed by atoms with Gasteiger partial charge < -0.3 is 10.6 Å². The summed E-state index contributed by atoms with van der Waals surface area (Å²) in [5, 5.41) is 5.60. The van der Waals surface area contributed by atoms with Crippen molar-refractivity contribution in [2.24, 2.45) is 0 Å². The maximum atomic E-state index is 12.0. The first-order valence-corrected chi connectivity index (χ1v) is 7.80. The highest BCUT2D eigenvalue weighted by atomic mass is 79.9. The molecule has 0 aromatic heterocycles. The quantitative estimate of drug-likeness (QED) is 0.860. The zero-order chi connectivity index (χ0) is 15.9. The molecule has 0 saturated carbocycles. The molecule has 0 aliphatic rings. The average Bonchev–Trinajstić information content (AvgIpc) is 2.54. The minimum atomic E-state index is -0.143. The average molecular weight is 361 g/mol. The Kier molecular flexibility index (Phi) is 5.72. The van der Waals surface area contributed by atoms with E-state index in [2.05, 4.69) is 26.6 Å². The molecule has 0 saturated heterocycles. The summed E-state index contributed by atoms with van der Waals surface area (Å²) < 4.78 is 0.929. The highest BCUT2D eigenvalue weighted by molar-refractivity contribution is 9.10. The molecule has 4 nitrogen and oxygen atoms in total. The largest absolute Gasteiger partial charge is 0.352 e. The Morgan fingerprint density at radius 2 is 1.64 bits per heavy atom. The molecule has 22 heavy (non-hydrogen) atoms. The van der Waals surface area contributed by atoms with E-state index in [1.807, 2.05) is 31.2 Å². The van der Waals surface area contributed by atoms with Crippen LogP contribution in [0.4, 0.5) is 0 Å². The lowest BCUT2D eigenvalue weighted by Crippen LogP contribution is -2.24. The Morgan fingerprint density at radius 1 is 0.955 bits per heavy atom. The monoisotopic (exact) mass is 360 g/mol. The van der Waals surface area contributed by atoms with Crippen LogP contribution in [0.5, 0.6) is 0 Å². The van der Waals surface area contributed by atoms with Crippen molar-refractivity contribution >= 4 is 27.7 Å². The number of nitrogens with one attached hydrogen (secondary N) is 2. The number of halogens is 1. The Bertz CT molecular complexity index is 669. The summed E-state index contributed by atoms with van der Waals surface area (Å²) >= 11 is 3.33. The third-order valence-electron chi connectivity index (χ3n) is 3.09. The highest BCUT2D eigenvalue weighted by Crippen LogP contribution is 2.11. The molecule has 0 atom stereocenters. The second-order valence-corrected chi connectivity index (χ2v) is 5.67. The van der Waals surface area contributed by atoms with E-state index in [0.29, 0.717) is 24.2 Å². The van der Waals surface area contributed by atoms with E-state index in [0.717, 1.165) is 10.0 Å². The van der Waals surface area contributed by atoms with Crippen LogP contribution in [0.15, 0.2) is 53.0 Å². The molecule has 0 unspecified atom stereocenters. The standard InChI is InChI=1S/C17H17BrN2O2/c1-2-19-17(22)14-5-3-4-12(10-14)11-20-16(21)13-6-8-15(18)9-7-13/h3-10H,2,11H2,1H3,(H,19,22)(H,20,21). The second kappa shape index (κ2) is 7.75. The van der Waals surface area contributed by atoms with Crippen LogP contribution in [0, 0.1) is 0 Å². The fourth-order valence-corrected chi connectivity index (χ4v) is 2.24. The van der Waals surface area contributed by atoms with Crippen molar-refractivity contribution < 1.29 is 9.59 Å². The second-order valence-electron chi connectivity index (χ2n) is 4.75. The molecule has 114 valence electrons. The molecule has 2 aromatic carbocycles. The molecule has 0 bridgehead atoms. The zero-order valence-corrected chi connectivity index (χ0v) is 13.8. The van der Waals surface area contributed by atoms with Gasteiger partial charge in [0.2, 0.25) is 0 Å². The zero-order valence-electron chi connectivity index (χ0n) is 12.2. The summed E-state index contributed by atoms with van der Waals surface area (Å²) in [7, 11) is 0. The number of carbonyl (C=O) groups is 2. The van der Waals surface area contributed by atoms with Crippen molar-refractivity contribution in [2.75, 3.05) is 6.54 Å². The summed E-state index contributed by atoms with van der Waals surface area (Å²) in [4.78, 5) is 23.8. The SMILES string of the molecule is CCNC(=O)c1cccc(CNC(=O)c2ccc(Br)cc2)c1. The van der Waals surface area contributed by atoms with E-state index in [9.17, 15) is 9.59 Å². The van der Waals surface area contributed by atoms with Crippen molar-refractivity contribution in [1.29, 1.82) is 0 Å². The number of rotatable bonds is 5. The molecule has 0 fully saturated rings. The molecule has 2 amide bonds. The van der Waals surface area contributed by atoms with Gasteiger partial charge in [-0.2, -0.15) is 0 Å². The molecular weight excluding hydrogens is 344 g/mol. The van der Waals surface area contributed by atoms with Gasteiger partial charge in [-0.25, -0.2) is 0 Å². The van der Waals surface area contributed by atoms with Gasteiger partial charge in [-0.3, -0.25) is 9.59 Å². The maximum Gasteiger partial charge on any atom is 0.251 e. The summed E-state index contributed by atoms with van der Waals surface area (Å²) in [6.45, 7) is 2.84. The van der Waals surface area contributed by atoms with Crippen LogP contribution in [0.3, 0.4) is 0 Å². The van der Waals surface area contributed by atoms with E-state index in [1.54, 1.807) is 24.3 Å². The molecule has 0 heterocycles. The van der Waals surface area contributed by atoms with E-state index >= 15 is 0 Å². The Balaban J connectivity index is 1.99. The molecule has 0 aliphatic carbocycles. The van der Waals surface area contributed by atoms with Gasteiger partial charge in [0.05, 0.1) is 0 Å². The number of amides is 2. The van der Waals surface area contributed by atoms with Gasteiger partial charge in [-0.1, -0.05) is 28.1 Å². The van der Waals surface area contributed by atoms with Gasteiger partial charge in [-0.05, 0) is 48.9 Å². The van der Waals surface area contributed by atoms with Crippen molar-refractivity contribution in [3.63, 3.8) is 0 Å². The molecule has 0 spiro atoms. The Morgan fingerprint density at radius 3 is 2.32 bits per heavy atom. The predicted octanol–water partition coefficient (Wildman–Crippen LogP) is 3.13. The fourth-order valence-electron chi connectivity index (χ4n) is 1.97. The number of carbonyl (C=O) groups excluding carboxylic acids is 2. The highest BCUT2D eigenvalue weighted by Gasteiger charge is 2.07. The minimum Gasteiger partial charge on any atom is -0.352 e. The van der Waals surface area contributed by atoms with Crippen LogP contribution in [-0.4, -0.2) is 18.4 Å². The topological polar surface area (TPSA) is 58.2 Å². The lowest BCUT2D eigenvalue weighted by molar-refractivity contribution is 0.0947. The molecule has 0 aliphatic heterocycles. The first-order chi connectivity index (χ1) is 10.6. The summed E-state index contributed by atoms with van der Waals surface area (Å²) in [6.07, 6.45) is 0. The third-order valence-corrected chi connectivity index (χ3v) is 3.61. The van der Waals surface area contributed by atoms with Gasteiger partial charge in [0.25, 0.3) is 11.8 Å². The van der Waals surface area contributed by atoms with Gasteiger partial charge in [-0.15, -0.1) is 0 Å². The van der Waals surface area contributed by atoms with E-state index in [1.165, 1.54) is 0 Å². The smallest absolute Gasteiger partial charge is 0.251 e. The summed E-state index contributed by atoms with van der Waals surface area (Å²) in [5.41, 5.74) is 2.08. The minimum absolute atomic E-state index is 0.108. The first-order valence-electron chi connectivity index (χ1n) is 7.01. The number of benzene rings is 2. The predicted molar refractivity (Wildman–Crippen MR) is 89.8 cm³/mol. The molecule has 2 aromatic rings. The van der Waals surface area contributed by atoms with Crippen molar-refractivity contribution in [1.82, 2.24) is 10.6 Å².